The van der Waals surface area contributed by atoms with Crippen LogP contribution in [0.25, 0.3) is 0 Å². The van der Waals surface area contributed by atoms with Crippen molar-refractivity contribution in [3.05, 3.63) is 56.5 Å². The van der Waals surface area contributed by atoms with Crippen LogP contribution in [-0.2, 0) is 4.74 Å². The first-order valence-electron chi connectivity index (χ1n) is 15.3. The van der Waals surface area contributed by atoms with Gasteiger partial charge in [-0.3, -0.25) is 9.59 Å². The van der Waals surface area contributed by atoms with Crippen LogP contribution in [0.4, 0.5) is 4.79 Å². The van der Waals surface area contributed by atoms with Crippen LogP contribution in [0, 0.1) is 10.8 Å². The molecule has 4 saturated carbocycles. The van der Waals surface area contributed by atoms with Crippen LogP contribution in [0.15, 0.2) is 45.3 Å². The summed E-state index contributed by atoms with van der Waals surface area (Å²) in [6.07, 6.45) is 7.89. The topological polar surface area (TPSA) is 169 Å². The SMILES string of the molecule is C.CC(C)(C)OC(=O)NC1CC2(C1)CC(Oc1cc(Br)ccc1C(N)=O)C2.Cl.NC(=O)c1ccc(Br)cc1OC1CC2(CC(N)C2)C1. The molecule has 0 bridgehead atoms. The fourth-order valence-electron chi connectivity index (χ4n) is 7.21. The van der Waals surface area contributed by atoms with Gasteiger partial charge < -0.3 is 36.7 Å². The molecule has 0 heterocycles. The van der Waals surface area contributed by atoms with E-state index in [1.807, 2.05) is 20.8 Å². The van der Waals surface area contributed by atoms with Crippen LogP contribution in [0.3, 0.4) is 0 Å². The van der Waals surface area contributed by atoms with E-state index in [2.05, 4.69) is 37.2 Å². The van der Waals surface area contributed by atoms with E-state index in [-0.39, 0.29) is 49.6 Å². The molecule has 2 spiro atoms. The fraction of sp³-hybridized carbons (Fsp3) is 0.559. The standard InChI is InChI=1S/C19H25BrN2O4.C14H17BrN2O2.CH4.ClH/c1-18(2,3)26-17(24)22-12-7-19(8-12)9-13(10-19)25-15-6-11(20)4-5-14(15)16(21)23;15-8-1-2-11(13(17)18)12(3-8)19-10-6-14(7-10)4-9(16)5-14;;/h4-6,12-13H,7-10H2,1-3H3,(H2,21,23)(H,22,24);1-3,9-10H,4-7,16H2,(H2,17,18);1H4;1H. The number of halogens is 3. The Labute approximate surface area is 300 Å². The minimum atomic E-state index is -0.494. The molecule has 7 N–H and O–H groups in total. The summed E-state index contributed by atoms with van der Waals surface area (Å²) in [6, 6.07) is 11.0. The Balaban J connectivity index is 0.000000255. The summed E-state index contributed by atoms with van der Waals surface area (Å²) in [7, 11) is 0. The molecule has 6 rings (SSSR count). The summed E-state index contributed by atoms with van der Waals surface area (Å²) in [4.78, 5) is 34.7. The molecule has 2 aromatic carbocycles. The van der Waals surface area contributed by atoms with Crippen LogP contribution in [-0.4, -0.2) is 47.8 Å². The molecule has 10 nitrogen and oxygen atoms in total. The van der Waals surface area contributed by atoms with E-state index in [0.29, 0.717) is 34.1 Å². The van der Waals surface area contributed by atoms with E-state index in [1.54, 1.807) is 36.4 Å². The Morgan fingerprint density at radius 1 is 0.766 bits per heavy atom. The Morgan fingerprint density at radius 2 is 1.17 bits per heavy atom. The van der Waals surface area contributed by atoms with Crippen molar-refractivity contribution in [2.75, 3.05) is 0 Å². The number of amides is 3. The molecule has 0 atom stereocenters. The first kappa shape index (κ1) is 38.9. The van der Waals surface area contributed by atoms with Crippen LogP contribution < -0.4 is 32.0 Å². The molecular formula is C34H47Br2ClN4O6. The highest BCUT2D eigenvalue weighted by molar-refractivity contribution is 9.10. The first-order chi connectivity index (χ1) is 21.0. The Hall–Kier alpha value is -2.54. The second kappa shape index (κ2) is 14.9. The van der Waals surface area contributed by atoms with Gasteiger partial charge in [0.25, 0.3) is 11.8 Å². The lowest BCUT2D eigenvalue weighted by molar-refractivity contribution is -0.0855. The molecule has 0 unspecified atom stereocenters. The summed E-state index contributed by atoms with van der Waals surface area (Å²) in [5.74, 6) is 0.147. The van der Waals surface area contributed by atoms with E-state index in [1.165, 1.54) is 0 Å². The van der Waals surface area contributed by atoms with Gasteiger partial charge in [0, 0.05) is 21.0 Å². The Morgan fingerprint density at radius 3 is 1.53 bits per heavy atom. The van der Waals surface area contributed by atoms with Gasteiger partial charge in [-0.2, -0.15) is 0 Å². The normalized spacial score (nSPS) is 28.2. The van der Waals surface area contributed by atoms with Gasteiger partial charge in [-0.05, 0) is 119 Å². The lowest BCUT2D eigenvalue weighted by atomic mass is 9.53. The van der Waals surface area contributed by atoms with Gasteiger partial charge in [-0.1, -0.05) is 39.3 Å². The minimum Gasteiger partial charge on any atom is -0.490 e. The maximum atomic E-state index is 11.8. The largest absolute Gasteiger partial charge is 0.490 e. The smallest absolute Gasteiger partial charge is 0.407 e. The summed E-state index contributed by atoms with van der Waals surface area (Å²) in [5, 5.41) is 2.92. The average molecular weight is 803 g/mol. The number of nitrogens with two attached hydrogens (primary N) is 3. The van der Waals surface area contributed by atoms with Gasteiger partial charge in [-0.15, -0.1) is 12.4 Å². The third-order valence-electron chi connectivity index (χ3n) is 9.12. The number of ether oxygens (including phenoxy) is 3. The molecule has 2 aromatic rings. The predicted molar refractivity (Wildman–Crippen MR) is 191 cm³/mol. The summed E-state index contributed by atoms with van der Waals surface area (Å²) in [6.45, 7) is 5.56. The molecule has 0 aromatic heterocycles. The van der Waals surface area contributed by atoms with E-state index in [9.17, 15) is 14.4 Å². The van der Waals surface area contributed by atoms with Crippen LogP contribution in [0.5, 0.6) is 11.5 Å². The van der Waals surface area contributed by atoms with Crippen molar-refractivity contribution in [3.8, 4) is 11.5 Å². The van der Waals surface area contributed by atoms with Gasteiger partial charge in [0.05, 0.1) is 23.3 Å². The number of primary amides is 2. The maximum absolute atomic E-state index is 11.8. The second-order valence-corrected chi connectivity index (χ2v) is 16.1. The number of hydrogen-bond acceptors (Lipinski definition) is 7. The number of carbonyl (C=O) groups excluding carboxylic acids is 3. The fourth-order valence-corrected chi connectivity index (χ4v) is 7.89. The number of rotatable bonds is 7. The van der Waals surface area contributed by atoms with Crippen LogP contribution in [0.2, 0.25) is 0 Å². The van der Waals surface area contributed by atoms with Crippen LogP contribution in [0.1, 0.15) is 100 Å². The molecular weight excluding hydrogens is 756 g/mol. The Kier molecular flexibility index (Phi) is 12.4. The second-order valence-electron chi connectivity index (χ2n) is 14.2. The number of benzene rings is 2. The van der Waals surface area contributed by atoms with Gasteiger partial charge in [0.1, 0.15) is 17.1 Å². The van der Waals surface area contributed by atoms with Gasteiger partial charge >= 0.3 is 6.09 Å². The lowest BCUT2D eigenvalue weighted by Crippen LogP contribution is -2.59. The molecule has 4 fully saturated rings. The van der Waals surface area contributed by atoms with Crippen molar-refractivity contribution in [3.63, 3.8) is 0 Å². The van der Waals surface area contributed by atoms with E-state index < -0.39 is 17.4 Å². The molecule has 260 valence electrons. The molecule has 47 heavy (non-hydrogen) atoms. The zero-order valence-corrected chi connectivity index (χ0v) is 30.3. The van der Waals surface area contributed by atoms with Gasteiger partial charge in [-0.25, -0.2) is 4.79 Å². The Bertz CT molecular complexity index is 1460. The van der Waals surface area contributed by atoms with Crippen molar-refractivity contribution in [2.24, 2.45) is 28.0 Å². The molecule has 4 aliphatic carbocycles. The highest BCUT2D eigenvalue weighted by atomic mass is 79.9. The monoisotopic (exact) mass is 800 g/mol. The van der Waals surface area contributed by atoms with Gasteiger partial charge in [0.15, 0.2) is 0 Å². The molecule has 0 aliphatic heterocycles. The van der Waals surface area contributed by atoms with Crippen molar-refractivity contribution in [2.45, 2.75) is 109 Å². The van der Waals surface area contributed by atoms with Crippen molar-refractivity contribution in [1.82, 2.24) is 5.32 Å². The average Bonchev–Trinajstić information content (AvgIpc) is 2.83. The summed E-state index contributed by atoms with van der Waals surface area (Å²) < 4.78 is 18.9. The molecule has 13 heteroatoms. The number of nitrogens with one attached hydrogen (secondary N) is 1. The zero-order chi connectivity index (χ0) is 32.7. The zero-order valence-electron chi connectivity index (χ0n) is 26.3. The minimum absolute atomic E-state index is 0. The van der Waals surface area contributed by atoms with E-state index in [4.69, 9.17) is 31.4 Å². The molecule has 0 saturated heterocycles. The molecule has 0 radical (unpaired) electrons. The third kappa shape index (κ3) is 9.55. The van der Waals surface area contributed by atoms with Crippen molar-refractivity contribution < 1.29 is 28.6 Å². The predicted octanol–water partition coefficient (Wildman–Crippen LogP) is 7.02. The lowest BCUT2D eigenvalue weighted by Gasteiger charge is -2.57. The first-order valence-corrected chi connectivity index (χ1v) is 16.9. The van der Waals surface area contributed by atoms with Crippen molar-refractivity contribution >= 4 is 62.2 Å². The maximum Gasteiger partial charge on any atom is 0.407 e. The summed E-state index contributed by atoms with van der Waals surface area (Å²) in [5.41, 5.74) is 17.6. The van der Waals surface area contributed by atoms with Gasteiger partial charge in [0.2, 0.25) is 0 Å². The third-order valence-corrected chi connectivity index (χ3v) is 10.1. The number of carbonyl (C=O) groups is 3. The quantitative estimate of drug-likeness (QED) is 0.233. The molecule has 4 aliphatic rings. The van der Waals surface area contributed by atoms with E-state index >= 15 is 0 Å². The molecule has 3 amide bonds. The van der Waals surface area contributed by atoms with Crippen molar-refractivity contribution in [1.29, 1.82) is 0 Å². The van der Waals surface area contributed by atoms with Crippen LogP contribution >= 0.6 is 44.3 Å². The number of hydrogen-bond donors (Lipinski definition) is 4. The highest BCUT2D eigenvalue weighted by Crippen LogP contribution is 2.57. The number of alkyl carbamates (subject to hydrolysis) is 1. The highest BCUT2D eigenvalue weighted by Gasteiger charge is 2.55. The summed E-state index contributed by atoms with van der Waals surface area (Å²) >= 11 is 6.77. The van der Waals surface area contributed by atoms with E-state index in [0.717, 1.165) is 60.3 Å².